The second kappa shape index (κ2) is 7.69. The van der Waals surface area contributed by atoms with Crippen molar-refractivity contribution in [1.82, 2.24) is 24.8 Å². The Morgan fingerprint density at radius 1 is 1.21 bits per heavy atom. The van der Waals surface area contributed by atoms with Gasteiger partial charge < -0.3 is 10.4 Å². The van der Waals surface area contributed by atoms with E-state index in [9.17, 15) is 9.90 Å². The molecule has 4 rings (SSSR count). The Bertz CT molecular complexity index is 1010. The van der Waals surface area contributed by atoms with Crippen molar-refractivity contribution in [2.24, 2.45) is 0 Å². The van der Waals surface area contributed by atoms with Crippen LogP contribution in [0.15, 0.2) is 36.4 Å². The van der Waals surface area contributed by atoms with Crippen LogP contribution in [0, 0.1) is 13.8 Å². The van der Waals surface area contributed by atoms with Crippen molar-refractivity contribution >= 4 is 11.6 Å². The van der Waals surface area contributed by atoms with Crippen molar-refractivity contribution in [3.05, 3.63) is 64.6 Å². The van der Waals surface area contributed by atoms with Crippen LogP contribution in [0.1, 0.15) is 33.0 Å². The van der Waals surface area contributed by atoms with Gasteiger partial charge in [-0.05, 0) is 43.5 Å². The zero-order valence-electron chi connectivity index (χ0n) is 16.2. The summed E-state index contributed by atoms with van der Waals surface area (Å²) in [5, 5.41) is 17.6. The molecule has 2 N–H and O–H groups in total. The number of hydrogen-bond donors (Lipinski definition) is 2. The van der Waals surface area contributed by atoms with Gasteiger partial charge in [-0.3, -0.25) is 9.69 Å². The van der Waals surface area contributed by atoms with Gasteiger partial charge in [0.25, 0.3) is 5.91 Å². The number of β-amino-alcohol motifs (C(OH)–C–C–N with tert-alkyl or cyclic N) is 1. The first-order valence-electron chi connectivity index (χ1n) is 9.59. The summed E-state index contributed by atoms with van der Waals surface area (Å²) in [5.74, 6) is -0.288. The third kappa shape index (κ3) is 3.76. The van der Waals surface area contributed by atoms with Crippen LogP contribution in [0.5, 0.6) is 0 Å². The van der Waals surface area contributed by atoms with Crippen LogP contribution >= 0.6 is 0 Å². The van der Waals surface area contributed by atoms with E-state index in [1.807, 2.05) is 32.0 Å². The number of carbonyl (C=O) groups is 1. The molecular weight excluding hydrogens is 354 g/mol. The first-order valence-corrected chi connectivity index (χ1v) is 9.59. The maximum absolute atomic E-state index is 12.5. The Kier molecular flexibility index (Phi) is 5.11. The van der Waals surface area contributed by atoms with Gasteiger partial charge in [-0.2, -0.15) is 5.10 Å². The van der Waals surface area contributed by atoms with Crippen LogP contribution in [0.2, 0.25) is 0 Å². The monoisotopic (exact) mass is 379 g/mol. The molecule has 1 atom stereocenters. The first-order chi connectivity index (χ1) is 13.5. The van der Waals surface area contributed by atoms with E-state index >= 15 is 0 Å². The molecule has 3 aromatic rings. The van der Waals surface area contributed by atoms with Crippen LogP contribution in [0.3, 0.4) is 0 Å². The van der Waals surface area contributed by atoms with Gasteiger partial charge in [-0.25, -0.2) is 9.50 Å². The molecule has 3 heterocycles. The zero-order valence-corrected chi connectivity index (χ0v) is 16.2. The highest BCUT2D eigenvalue weighted by Crippen LogP contribution is 2.18. The lowest BCUT2D eigenvalue weighted by atomic mass is 10.00. The van der Waals surface area contributed by atoms with Crippen LogP contribution in [-0.4, -0.2) is 56.2 Å². The molecule has 0 saturated heterocycles. The highest BCUT2D eigenvalue weighted by molar-refractivity contribution is 5.94. The molecule has 28 heavy (non-hydrogen) atoms. The van der Waals surface area contributed by atoms with Gasteiger partial charge in [0.05, 0.1) is 17.5 Å². The molecule has 0 fully saturated rings. The van der Waals surface area contributed by atoms with Crippen LogP contribution < -0.4 is 5.32 Å². The van der Waals surface area contributed by atoms with Crippen LogP contribution in [0.4, 0.5) is 0 Å². The Morgan fingerprint density at radius 3 is 2.82 bits per heavy atom. The highest BCUT2D eigenvalue weighted by Gasteiger charge is 2.20. The summed E-state index contributed by atoms with van der Waals surface area (Å²) in [7, 11) is 0. The van der Waals surface area contributed by atoms with Crippen molar-refractivity contribution < 1.29 is 9.90 Å². The molecule has 0 radical (unpaired) electrons. The first kappa shape index (κ1) is 18.6. The van der Waals surface area contributed by atoms with Crippen molar-refractivity contribution in [2.45, 2.75) is 32.9 Å². The van der Waals surface area contributed by atoms with Crippen molar-refractivity contribution in [3.8, 4) is 0 Å². The number of benzene rings is 1. The van der Waals surface area contributed by atoms with Gasteiger partial charge in [-0.15, -0.1) is 0 Å². The van der Waals surface area contributed by atoms with Gasteiger partial charge in [0.2, 0.25) is 0 Å². The largest absolute Gasteiger partial charge is 0.390 e. The van der Waals surface area contributed by atoms with E-state index in [1.54, 1.807) is 4.52 Å². The fourth-order valence-electron chi connectivity index (χ4n) is 3.72. The van der Waals surface area contributed by atoms with Gasteiger partial charge in [0.15, 0.2) is 11.3 Å². The Balaban J connectivity index is 1.34. The summed E-state index contributed by atoms with van der Waals surface area (Å²) in [6, 6.07) is 12.1. The summed E-state index contributed by atoms with van der Waals surface area (Å²) in [4.78, 5) is 19.1. The number of aliphatic hydroxyl groups is 1. The highest BCUT2D eigenvalue weighted by atomic mass is 16.3. The van der Waals surface area contributed by atoms with Crippen molar-refractivity contribution in [3.63, 3.8) is 0 Å². The molecule has 0 spiro atoms. The SMILES string of the molecule is Cc1ccc2nc(C(=O)NC[C@H](O)CN3CCc4ccccc4C3)c(C)n2n1. The van der Waals surface area contributed by atoms with E-state index in [4.69, 9.17) is 0 Å². The van der Waals surface area contributed by atoms with Crippen molar-refractivity contribution in [2.75, 3.05) is 19.6 Å². The molecule has 1 aromatic carbocycles. The maximum Gasteiger partial charge on any atom is 0.271 e. The number of imidazole rings is 1. The number of amides is 1. The summed E-state index contributed by atoms with van der Waals surface area (Å²) >= 11 is 0. The number of nitrogens with zero attached hydrogens (tertiary/aromatic N) is 4. The molecule has 146 valence electrons. The predicted molar refractivity (Wildman–Crippen MR) is 106 cm³/mol. The lowest BCUT2D eigenvalue weighted by Crippen LogP contribution is -2.42. The number of hydrogen-bond acceptors (Lipinski definition) is 5. The summed E-state index contributed by atoms with van der Waals surface area (Å²) in [6.07, 6.45) is 0.356. The molecular formula is C21H25N5O2. The number of aliphatic hydroxyl groups excluding tert-OH is 1. The number of fused-ring (bicyclic) bond motifs is 2. The number of carbonyl (C=O) groups excluding carboxylic acids is 1. The standard InChI is InChI=1S/C21H25N5O2/c1-14-7-8-19-23-20(15(2)26(19)24-14)21(28)22-11-18(27)13-25-10-9-16-5-3-4-6-17(16)12-25/h3-8,18,27H,9-13H2,1-2H3,(H,22,28)/t18-/m0/s1. The van der Waals surface area contributed by atoms with E-state index in [0.717, 1.165) is 25.2 Å². The fraction of sp³-hybridized carbons (Fsp3) is 0.381. The van der Waals surface area contributed by atoms with Gasteiger partial charge in [0.1, 0.15) is 0 Å². The van der Waals surface area contributed by atoms with Gasteiger partial charge >= 0.3 is 0 Å². The lowest BCUT2D eigenvalue weighted by molar-refractivity contribution is 0.0838. The van der Waals surface area contributed by atoms with Crippen LogP contribution in [0.25, 0.3) is 5.65 Å². The quantitative estimate of drug-likeness (QED) is 0.702. The molecule has 2 aromatic heterocycles. The van der Waals surface area contributed by atoms with Gasteiger partial charge in [-0.1, -0.05) is 24.3 Å². The molecule has 1 aliphatic heterocycles. The minimum Gasteiger partial charge on any atom is -0.390 e. The predicted octanol–water partition coefficient (Wildman–Crippen LogP) is 1.50. The molecule has 7 nitrogen and oxygen atoms in total. The lowest BCUT2D eigenvalue weighted by Gasteiger charge is -2.30. The van der Waals surface area contributed by atoms with Gasteiger partial charge in [0, 0.05) is 26.2 Å². The average molecular weight is 379 g/mol. The molecule has 0 aliphatic carbocycles. The molecule has 0 bridgehead atoms. The number of aryl methyl sites for hydroxylation is 2. The Labute approximate surface area is 164 Å². The second-order valence-electron chi connectivity index (χ2n) is 7.41. The van der Waals surface area contributed by atoms with E-state index in [2.05, 4.69) is 38.5 Å². The van der Waals surface area contributed by atoms with E-state index in [1.165, 1.54) is 11.1 Å². The fourth-order valence-corrected chi connectivity index (χ4v) is 3.72. The maximum atomic E-state index is 12.5. The normalized spacial score (nSPS) is 15.4. The number of aromatic nitrogens is 3. The van der Waals surface area contributed by atoms with E-state index in [0.29, 0.717) is 23.6 Å². The summed E-state index contributed by atoms with van der Waals surface area (Å²) < 4.78 is 1.67. The molecule has 0 saturated carbocycles. The number of rotatable bonds is 5. The molecule has 7 heteroatoms. The third-order valence-corrected chi connectivity index (χ3v) is 5.23. The summed E-state index contributed by atoms with van der Waals surface area (Å²) in [6.45, 7) is 6.18. The topological polar surface area (TPSA) is 82.8 Å². The average Bonchev–Trinajstić information content (AvgIpc) is 3.02. The zero-order chi connectivity index (χ0) is 19.7. The smallest absolute Gasteiger partial charge is 0.271 e. The minimum atomic E-state index is -0.632. The third-order valence-electron chi connectivity index (χ3n) is 5.23. The molecule has 1 aliphatic rings. The van der Waals surface area contributed by atoms with Crippen molar-refractivity contribution in [1.29, 1.82) is 0 Å². The Hall–Kier alpha value is -2.77. The molecule has 1 amide bonds. The summed E-state index contributed by atoms with van der Waals surface area (Å²) in [5.41, 5.74) is 5.23. The Morgan fingerprint density at radius 2 is 2.00 bits per heavy atom. The second-order valence-corrected chi connectivity index (χ2v) is 7.41. The van der Waals surface area contributed by atoms with E-state index < -0.39 is 6.10 Å². The van der Waals surface area contributed by atoms with Crippen LogP contribution in [-0.2, 0) is 13.0 Å². The minimum absolute atomic E-state index is 0.191. The van der Waals surface area contributed by atoms with E-state index in [-0.39, 0.29) is 12.5 Å². The molecule has 0 unspecified atom stereocenters. The number of nitrogens with one attached hydrogen (secondary N) is 1.